The van der Waals surface area contributed by atoms with E-state index in [0.717, 1.165) is 32.7 Å². The third-order valence-electron chi connectivity index (χ3n) is 5.15. The molecule has 0 aromatic heterocycles. The van der Waals surface area contributed by atoms with Crippen molar-refractivity contribution >= 4 is 11.8 Å². The van der Waals surface area contributed by atoms with Crippen LogP contribution in [-0.2, 0) is 16.1 Å². The molecule has 0 bridgehead atoms. The van der Waals surface area contributed by atoms with Crippen molar-refractivity contribution in [2.24, 2.45) is 0 Å². The first-order valence-corrected chi connectivity index (χ1v) is 9.14. The summed E-state index contributed by atoms with van der Waals surface area (Å²) < 4.78 is 0. The molecule has 25 heavy (non-hydrogen) atoms. The second kappa shape index (κ2) is 8.45. The van der Waals surface area contributed by atoms with Crippen LogP contribution in [0.5, 0.6) is 0 Å². The predicted molar refractivity (Wildman–Crippen MR) is 97.0 cm³/mol. The molecule has 2 saturated heterocycles. The van der Waals surface area contributed by atoms with Gasteiger partial charge in [-0.05, 0) is 5.56 Å². The SMILES string of the molecule is CC(=O)N1CCN(C(=O)CN2CCN(Cc3ccccc3)CC2)CC1. The predicted octanol–water partition coefficient (Wildman–Crippen LogP) is 0.495. The molecule has 1 aromatic rings. The number of nitrogens with zero attached hydrogens (tertiary/aromatic N) is 4. The molecular weight excluding hydrogens is 316 g/mol. The molecule has 1 aromatic carbocycles. The second-order valence-corrected chi connectivity index (χ2v) is 6.92. The van der Waals surface area contributed by atoms with Crippen LogP contribution in [0.4, 0.5) is 0 Å². The zero-order chi connectivity index (χ0) is 17.6. The summed E-state index contributed by atoms with van der Waals surface area (Å²) in [6.07, 6.45) is 0. The number of hydrogen-bond acceptors (Lipinski definition) is 4. The molecule has 0 saturated carbocycles. The smallest absolute Gasteiger partial charge is 0.236 e. The van der Waals surface area contributed by atoms with Crippen LogP contribution in [0.15, 0.2) is 30.3 Å². The van der Waals surface area contributed by atoms with Crippen LogP contribution >= 0.6 is 0 Å². The topological polar surface area (TPSA) is 47.1 Å². The van der Waals surface area contributed by atoms with E-state index in [1.165, 1.54) is 5.56 Å². The van der Waals surface area contributed by atoms with Crippen LogP contribution in [0.3, 0.4) is 0 Å². The molecule has 3 rings (SSSR count). The Bertz CT molecular complexity index is 576. The average Bonchev–Trinajstić information content (AvgIpc) is 2.64. The van der Waals surface area contributed by atoms with Gasteiger partial charge in [0.2, 0.25) is 11.8 Å². The Balaban J connectivity index is 1.39. The molecule has 0 N–H and O–H groups in total. The largest absolute Gasteiger partial charge is 0.339 e. The Labute approximate surface area is 150 Å². The maximum atomic E-state index is 12.5. The van der Waals surface area contributed by atoms with E-state index in [9.17, 15) is 9.59 Å². The van der Waals surface area contributed by atoms with Crippen molar-refractivity contribution in [2.45, 2.75) is 13.5 Å². The Morgan fingerprint density at radius 2 is 1.36 bits per heavy atom. The maximum absolute atomic E-state index is 12.5. The fourth-order valence-corrected chi connectivity index (χ4v) is 3.51. The van der Waals surface area contributed by atoms with Crippen molar-refractivity contribution in [3.63, 3.8) is 0 Å². The molecule has 0 spiro atoms. The van der Waals surface area contributed by atoms with Crippen molar-refractivity contribution in [3.8, 4) is 0 Å². The van der Waals surface area contributed by atoms with E-state index < -0.39 is 0 Å². The number of piperazine rings is 2. The number of hydrogen-bond donors (Lipinski definition) is 0. The maximum Gasteiger partial charge on any atom is 0.236 e. The first-order chi connectivity index (χ1) is 12.1. The molecule has 2 heterocycles. The number of amides is 2. The highest BCUT2D eigenvalue weighted by molar-refractivity contribution is 5.79. The minimum Gasteiger partial charge on any atom is -0.339 e. The summed E-state index contributed by atoms with van der Waals surface area (Å²) in [6, 6.07) is 10.5. The third-order valence-corrected chi connectivity index (χ3v) is 5.15. The Morgan fingerprint density at radius 3 is 1.96 bits per heavy atom. The molecule has 6 heteroatoms. The third kappa shape index (κ3) is 5.03. The lowest BCUT2D eigenvalue weighted by Crippen LogP contribution is -2.54. The van der Waals surface area contributed by atoms with E-state index >= 15 is 0 Å². The average molecular weight is 344 g/mol. The van der Waals surface area contributed by atoms with Gasteiger partial charge in [0.15, 0.2) is 0 Å². The zero-order valence-corrected chi connectivity index (χ0v) is 15.1. The van der Waals surface area contributed by atoms with Gasteiger partial charge in [0, 0.05) is 65.8 Å². The van der Waals surface area contributed by atoms with Gasteiger partial charge in [-0.2, -0.15) is 0 Å². The van der Waals surface area contributed by atoms with Gasteiger partial charge in [0.1, 0.15) is 0 Å². The van der Waals surface area contributed by atoms with Crippen LogP contribution in [0.2, 0.25) is 0 Å². The van der Waals surface area contributed by atoms with Gasteiger partial charge in [-0.25, -0.2) is 0 Å². The molecule has 0 atom stereocenters. The van der Waals surface area contributed by atoms with E-state index in [0.29, 0.717) is 32.7 Å². The Morgan fingerprint density at radius 1 is 0.800 bits per heavy atom. The summed E-state index contributed by atoms with van der Waals surface area (Å²) in [5.74, 6) is 0.293. The van der Waals surface area contributed by atoms with Crippen molar-refractivity contribution in [3.05, 3.63) is 35.9 Å². The fourth-order valence-electron chi connectivity index (χ4n) is 3.51. The summed E-state index contributed by atoms with van der Waals surface area (Å²) in [6.45, 7) is 9.58. The van der Waals surface area contributed by atoms with Crippen molar-refractivity contribution in [2.75, 3.05) is 58.9 Å². The highest BCUT2D eigenvalue weighted by Crippen LogP contribution is 2.09. The van der Waals surface area contributed by atoms with Crippen LogP contribution in [0.25, 0.3) is 0 Å². The standard InChI is InChI=1S/C19H28N4O2/c1-17(24)22-11-13-23(14-12-22)19(25)16-21-9-7-20(8-10-21)15-18-5-3-2-4-6-18/h2-6H,7-16H2,1H3. The normalized spacial score (nSPS) is 19.9. The molecule has 0 radical (unpaired) electrons. The van der Waals surface area contributed by atoms with Gasteiger partial charge in [0.25, 0.3) is 0 Å². The molecule has 0 unspecified atom stereocenters. The van der Waals surface area contributed by atoms with Crippen LogP contribution in [-0.4, -0.2) is 90.3 Å². The van der Waals surface area contributed by atoms with Gasteiger partial charge < -0.3 is 9.80 Å². The molecule has 6 nitrogen and oxygen atoms in total. The van der Waals surface area contributed by atoms with Gasteiger partial charge in [-0.3, -0.25) is 19.4 Å². The quantitative estimate of drug-likeness (QED) is 0.798. The van der Waals surface area contributed by atoms with Gasteiger partial charge in [-0.15, -0.1) is 0 Å². The van der Waals surface area contributed by atoms with E-state index in [4.69, 9.17) is 0 Å². The van der Waals surface area contributed by atoms with E-state index in [-0.39, 0.29) is 11.8 Å². The molecule has 2 fully saturated rings. The van der Waals surface area contributed by atoms with Gasteiger partial charge in [-0.1, -0.05) is 30.3 Å². The molecule has 0 aliphatic carbocycles. The van der Waals surface area contributed by atoms with Crippen molar-refractivity contribution in [1.29, 1.82) is 0 Å². The lowest BCUT2D eigenvalue weighted by atomic mass is 10.2. The summed E-state index contributed by atoms with van der Waals surface area (Å²) in [7, 11) is 0. The number of carbonyl (C=O) groups is 2. The fraction of sp³-hybridized carbons (Fsp3) is 0.579. The van der Waals surface area contributed by atoms with Gasteiger partial charge >= 0.3 is 0 Å². The van der Waals surface area contributed by atoms with Crippen molar-refractivity contribution < 1.29 is 9.59 Å². The van der Waals surface area contributed by atoms with Crippen molar-refractivity contribution in [1.82, 2.24) is 19.6 Å². The summed E-state index contributed by atoms with van der Waals surface area (Å²) in [5, 5.41) is 0. The van der Waals surface area contributed by atoms with E-state index in [2.05, 4.69) is 34.1 Å². The van der Waals surface area contributed by atoms with Gasteiger partial charge in [0.05, 0.1) is 6.54 Å². The molecule has 2 aliphatic heterocycles. The summed E-state index contributed by atoms with van der Waals surface area (Å²) in [5.41, 5.74) is 1.34. The number of carbonyl (C=O) groups excluding carboxylic acids is 2. The molecule has 136 valence electrons. The molecule has 2 aliphatic rings. The number of benzene rings is 1. The lowest BCUT2D eigenvalue weighted by molar-refractivity contribution is -0.139. The highest BCUT2D eigenvalue weighted by atomic mass is 16.2. The first-order valence-electron chi connectivity index (χ1n) is 9.14. The number of rotatable bonds is 4. The summed E-state index contributed by atoms with van der Waals surface area (Å²) >= 11 is 0. The zero-order valence-electron chi connectivity index (χ0n) is 15.1. The minimum atomic E-state index is 0.0987. The molecular formula is C19H28N4O2. The second-order valence-electron chi connectivity index (χ2n) is 6.92. The lowest BCUT2D eigenvalue weighted by Gasteiger charge is -2.37. The summed E-state index contributed by atoms with van der Waals surface area (Å²) in [4.78, 5) is 32.3. The highest BCUT2D eigenvalue weighted by Gasteiger charge is 2.25. The van der Waals surface area contributed by atoms with Crippen LogP contribution < -0.4 is 0 Å². The van der Waals surface area contributed by atoms with Crippen LogP contribution in [0.1, 0.15) is 12.5 Å². The van der Waals surface area contributed by atoms with Crippen LogP contribution in [0, 0.1) is 0 Å². The minimum absolute atomic E-state index is 0.0987. The van der Waals surface area contributed by atoms with E-state index in [1.807, 2.05) is 15.9 Å². The first kappa shape index (κ1) is 17.9. The van der Waals surface area contributed by atoms with E-state index in [1.54, 1.807) is 6.92 Å². The Hall–Kier alpha value is -1.92. The Kier molecular flexibility index (Phi) is 6.04. The monoisotopic (exact) mass is 344 g/mol. The molecule has 2 amide bonds.